The van der Waals surface area contributed by atoms with Crippen molar-refractivity contribution in [2.24, 2.45) is 0 Å². The van der Waals surface area contributed by atoms with Gasteiger partial charge in [0.15, 0.2) is 0 Å². The van der Waals surface area contributed by atoms with Gasteiger partial charge in [-0.25, -0.2) is 20.2 Å². The van der Waals surface area contributed by atoms with Crippen molar-refractivity contribution in [3.05, 3.63) is 54.0 Å². The molecule has 3 amide bonds. The van der Waals surface area contributed by atoms with Crippen molar-refractivity contribution in [2.75, 3.05) is 13.1 Å². The molecule has 2 aromatic heterocycles. The number of para-hydroxylation sites is 1. The van der Waals surface area contributed by atoms with E-state index in [4.69, 9.17) is 5.21 Å². The SMILES string of the molecule is O=C(CCCCCCNC(=O)N1CCc2c(c3ccccc3n2-c2ncccn2)C1)NO. The number of nitrogens with one attached hydrogen (secondary N) is 2. The third-order valence-electron chi connectivity index (χ3n) is 5.83. The smallest absolute Gasteiger partial charge is 0.317 e. The van der Waals surface area contributed by atoms with Gasteiger partial charge in [0.25, 0.3) is 0 Å². The normalized spacial score (nSPS) is 13.1. The molecule has 168 valence electrons. The van der Waals surface area contributed by atoms with Gasteiger partial charge in [-0.15, -0.1) is 0 Å². The average molecular weight is 437 g/mol. The first-order chi connectivity index (χ1) is 15.7. The lowest BCUT2D eigenvalue weighted by atomic mass is 10.0. The Kier molecular flexibility index (Phi) is 6.96. The lowest BCUT2D eigenvalue weighted by Crippen LogP contribution is -2.43. The van der Waals surface area contributed by atoms with E-state index in [0.717, 1.165) is 54.3 Å². The van der Waals surface area contributed by atoms with Crippen LogP contribution in [0.2, 0.25) is 0 Å². The summed E-state index contributed by atoms with van der Waals surface area (Å²) in [5, 5.41) is 12.6. The third kappa shape index (κ3) is 4.72. The van der Waals surface area contributed by atoms with Crippen molar-refractivity contribution in [1.82, 2.24) is 30.2 Å². The number of hydrogen-bond acceptors (Lipinski definition) is 5. The molecular weight excluding hydrogens is 408 g/mol. The zero-order chi connectivity index (χ0) is 22.3. The molecule has 1 aromatic carbocycles. The number of amides is 3. The number of unbranched alkanes of at least 4 members (excludes halogenated alkanes) is 3. The van der Waals surface area contributed by atoms with E-state index in [1.54, 1.807) is 23.9 Å². The molecule has 0 unspecified atom stereocenters. The minimum absolute atomic E-state index is 0.0527. The highest BCUT2D eigenvalue weighted by atomic mass is 16.5. The van der Waals surface area contributed by atoms with Crippen molar-refractivity contribution in [2.45, 2.75) is 45.1 Å². The number of nitrogens with zero attached hydrogens (tertiary/aromatic N) is 4. The van der Waals surface area contributed by atoms with Crippen molar-refractivity contribution >= 4 is 22.8 Å². The number of urea groups is 1. The Morgan fingerprint density at radius 2 is 1.81 bits per heavy atom. The van der Waals surface area contributed by atoms with Crippen LogP contribution in [-0.2, 0) is 17.8 Å². The molecule has 1 aliphatic heterocycles. The van der Waals surface area contributed by atoms with Crippen molar-refractivity contribution < 1.29 is 14.8 Å². The molecule has 0 aliphatic carbocycles. The van der Waals surface area contributed by atoms with Gasteiger partial charge in [-0.05, 0) is 25.0 Å². The van der Waals surface area contributed by atoms with Crippen molar-refractivity contribution in [3.63, 3.8) is 0 Å². The van der Waals surface area contributed by atoms with Gasteiger partial charge in [-0.3, -0.25) is 14.6 Å². The molecule has 1 aliphatic rings. The maximum atomic E-state index is 12.7. The monoisotopic (exact) mass is 436 g/mol. The summed E-state index contributed by atoms with van der Waals surface area (Å²) in [6.07, 6.45) is 7.94. The van der Waals surface area contributed by atoms with E-state index in [-0.39, 0.29) is 11.9 Å². The van der Waals surface area contributed by atoms with Crippen LogP contribution in [-0.4, -0.2) is 49.7 Å². The summed E-state index contributed by atoms with van der Waals surface area (Å²) in [6, 6.07) is 9.93. The van der Waals surface area contributed by atoms with Gasteiger partial charge in [-0.2, -0.15) is 0 Å². The first-order valence-electron chi connectivity index (χ1n) is 11.0. The lowest BCUT2D eigenvalue weighted by Gasteiger charge is -2.28. The number of aromatic nitrogens is 3. The average Bonchev–Trinajstić information content (AvgIpc) is 3.17. The Bertz CT molecular complexity index is 1080. The predicted octanol–water partition coefficient (Wildman–Crippen LogP) is 2.94. The van der Waals surface area contributed by atoms with E-state index in [9.17, 15) is 9.59 Å². The summed E-state index contributed by atoms with van der Waals surface area (Å²) in [5.41, 5.74) is 5.00. The molecule has 0 spiro atoms. The molecular formula is C23H28N6O3. The highest BCUT2D eigenvalue weighted by molar-refractivity contribution is 5.88. The third-order valence-corrected chi connectivity index (χ3v) is 5.83. The van der Waals surface area contributed by atoms with E-state index in [2.05, 4.69) is 32.0 Å². The summed E-state index contributed by atoms with van der Waals surface area (Å²) >= 11 is 0. The molecule has 9 heteroatoms. The van der Waals surface area contributed by atoms with Crippen LogP contribution in [0.3, 0.4) is 0 Å². The van der Waals surface area contributed by atoms with E-state index in [1.807, 2.05) is 17.0 Å². The number of hydroxylamine groups is 1. The summed E-state index contributed by atoms with van der Waals surface area (Å²) in [7, 11) is 0. The Morgan fingerprint density at radius 3 is 2.62 bits per heavy atom. The first-order valence-corrected chi connectivity index (χ1v) is 11.0. The van der Waals surface area contributed by atoms with Crippen LogP contribution in [0, 0.1) is 0 Å². The standard InChI is InChI=1S/C23H28N6O3/c30-21(27-32)10-3-1-2-6-12-26-23(31)28-15-11-20-18(16-28)17-8-4-5-9-19(17)29(20)22-24-13-7-14-25-22/h4-5,7-9,13-14,32H,1-3,6,10-12,15-16H2,(H,26,31)(H,27,30). The Morgan fingerprint density at radius 1 is 1.03 bits per heavy atom. The largest absolute Gasteiger partial charge is 0.338 e. The number of carbonyl (C=O) groups excluding carboxylic acids is 2. The minimum Gasteiger partial charge on any atom is -0.338 e. The van der Waals surface area contributed by atoms with E-state index >= 15 is 0 Å². The number of rotatable bonds is 8. The molecule has 0 radical (unpaired) electrons. The summed E-state index contributed by atoms with van der Waals surface area (Å²) in [5.74, 6) is 0.294. The van der Waals surface area contributed by atoms with Gasteiger partial charge in [0, 0.05) is 61.5 Å². The van der Waals surface area contributed by atoms with E-state index < -0.39 is 0 Å². The highest BCUT2D eigenvalue weighted by Crippen LogP contribution is 2.32. The molecule has 4 rings (SSSR count). The number of fused-ring (bicyclic) bond motifs is 3. The van der Waals surface area contributed by atoms with Gasteiger partial charge < -0.3 is 10.2 Å². The van der Waals surface area contributed by atoms with Gasteiger partial charge in [0.1, 0.15) is 0 Å². The van der Waals surface area contributed by atoms with Gasteiger partial charge in [0.2, 0.25) is 11.9 Å². The second-order valence-electron chi connectivity index (χ2n) is 7.93. The number of benzene rings is 1. The molecule has 0 atom stereocenters. The Labute approximate surface area is 186 Å². The van der Waals surface area contributed by atoms with Gasteiger partial charge in [0.05, 0.1) is 5.52 Å². The van der Waals surface area contributed by atoms with Crippen LogP contribution in [0.15, 0.2) is 42.7 Å². The van der Waals surface area contributed by atoms with Crippen molar-refractivity contribution in [3.8, 4) is 5.95 Å². The second kappa shape index (κ2) is 10.2. The molecule has 0 fully saturated rings. The van der Waals surface area contributed by atoms with Gasteiger partial charge >= 0.3 is 6.03 Å². The quantitative estimate of drug-likeness (QED) is 0.286. The van der Waals surface area contributed by atoms with Crippen LogP contribution < -0.4 is 10.8 Å². The molecule has 32 heavy (non-hydrogen) atoms. The molecule has 3 heterocycles. The fourth-order valence-electron chi connectivity index (χ4n) is 4.25. The summed E-state index contributed by atoms with van der Waals surface area (Å²) in [4.78, 5) is 34.5. The van der Waals surface area contributed by atoms with E-state index in [1.165, 1.54) is 0 Å². The van der Waals surface area contributed by atoms with Crippen LogP contribution in [0.5, 0.6) is 0 Å². The molecule has 3 aromatic rings. The molecule has 0 saturated carbocycles. The first kappa shape index (κ1) is 21.8. The van der Waals surface area contributed by atoms with Crippen LogP contribution in [0.4, 0.5) is 4.79 Å². The molecule has 0 bridgehead atoms. The van der Waals surface area contributed by atoms with Crippen molar-refractivity contribution in [1.29, 1.82) is 0 Å². The van der Waals surface area contributed by atoms with Crippen LogP contribution in [0.1, 0.15) is 43.4 Å². The Balaban J connectivity index is 1.37. The van der Waals surface area contributed by atoms with Crippen LogP contribution >= 0.6 is 0 Å². The fraction of sp³-hybridized carbons (Fsp3) is 0.391. The molecule has 3 N–H and O–H groups in total. The zero-order valence-corrected chi connectivity index (χ0v) is 18.0. The fourth-order valence-corrected chi connectivity index (χ4v) is 4.25. The zero-order valence-electron chi connectivity index (χ0n) is 18.0. The number of hydrogen-bond donors (Lipinski definition) is 3. The molecule has 9 nitrogen and oxygen atoms in total. The topological polar surface area (TPSA) is 112 Å². The number of carbonyl (C=O) groups is 2. The Hall–Kier alpha value is -3.46. The lowest BCUT2D eigenvalue weighted by molar-refractivity contribution is -0.129. The molecule has 0 saturated heterocycles. The highest BCUT2D eigenvalue weighted by Gasteiger charge is 2.27. The van der Waals surface area contributed by atoms with E-state index in [0.29, 0.717) is 32.0 Å². The second-order valence-corrected chi connectivity index (χ2v) is 7.93. The van der Waals surface area contributed by atoms with Crippen LogP contribution in [0.25, 0.3) is 16.9 Å². The minimum atomic E-state index is -0.358. The maximum Gasteiger partial charge on any atom is 0.317 e. The van der Waals surface area contributed by atoms with Gasteiger partial charge in [-0.1, -0.05) is 31.0 Å². The maximum absolute atomic E-state index is 12.7. The summed E-state index contributed by atoms with van der Waals surface area (Å²) in [6.45, 7) is 1.80. The summed E-state index contributed by atoms with van der Waals surface area (Å²) < 4.78 is 2.11. The predicted molar refractivity (Wildman–Crippen MR) is 119 cm³/mol.